The van der Waals surface area contributed by atoms with Crippen LogP contribution in [0.2, 0.25) is 10.2 Å². The fraction of sp³-hybridized carbons (Fsp3) is 0.286. The molecule has 2 aromatic rings. The van der Waals surface area contributed by atoms with Crippen LogP contribution >= 0.6 is 45.8 Å². The highest BCUT2D eigenvalue weighted by Crippen LogP contribution is 2.42. The van der Waals surface area contributed by atoms with E-state index in [2.05, 4.69) is 32.6 Å². The molecule has 2 nitrogen and oxygen atoms in total. The predicted molar refractivity (Wildman–Crippen MR) is 86.0 cm³/mol. The Hall–Kier alpha value is -0.390. The summed E-state index contributed by atoms with van der Waals surface area (Å²) in [4.78, 5) is 9.04. The van der Waals surface area contributed by atoms with Crippen LogP contribution in [0.25, 0.3) is 0 Å². The maximum atomic E-state index is 6.21. The van der Waals surface area contributed by atoms with Gasteiger partial charge in [0.05, 0.1) is 9.26 Å². The van der Waals surface area contributed by atoms with Crippen molar-refractivity contribution in [1.82, 2.24) is 9.97 Å². The summed E-state index contributed by atoms with van der Waals surface area (Å²) in [6.07, 6.45) is 3.03. The van der Waals surface area contributed by atoms with Gasteiger partial charge in [0, 0.05) is 17.4 Å². The second-order valence-electron chi connectivity index (χ2n) is 4.67. The summed E-state index contributed by atoms with van der Waals surface area (Å²) in [6, 6.07) is 7.77. The smallest absolute Gasteiger partial charge is 0.146 e. The van der Waals surface area contributed by atoms with Gasteiger partial charge in [0.1, 0.15) is 11.0 Å². The van der Waals surface area contributed by atoms with Crippen molar-refractivity contribution in [3.63, 3.8) is 0 Å². The topological polar surface area (TPSA) is 25.8 Å². The summed E-state index contributed by atoms with van der Waals surface area (Å²) < 4.78 is 0.990. The summed E-state index contributed by atoms with van der Waals surface area (Å²) in [5, 5.41) is 1.30. The van der Waals surface area contributed by atoms with Crippen LogP contribution in [-0.2, 0) is 6.42 Å². The van der Waals surface area contributed by atoms with Gasteiger partial charge in [0.25, 0.3) is 0 Å². The van der Waals surface area contributed by atoms with Gasteiger partial charge in [-0.15, -0.1) is 0 Å². The Morgan fingerprint density at radius 1 is 1.16 bits per heavy atom. The zero-order valence-electron chi connectivity index (χ0n) is 10.0. The molecule has 0 bridgehead atoms. The van der Waals surface area contributed by atoms with Crippen molar-refractivity contribution in [3.8, 4) is 0 Å². The fourth-order valence-corrected chi connectivity index (χ4v) is 3.08. The zero-order chi connectivity index (χ0) is 13.4. The second-order valence-corrected chi connectivity index (χ2v) is 6.52. The molecule has 98 valence electrons. The number of hydrogen-bond donors (Lipinski definition) is 0. The van der Waals surface area contributed by atoms with Gasteiger partial charge < -0.3 is 0 Å². The first-order valence-electron chi connectivity index (χ1n) is 6.10. The number of nitrogens with zero attached hydrogens (tertiary/aromatic N) is 2. The molecule has 0 N–H and O–H groups in total. The molecule has 1 aromatic carbocycles. The Labute approximate surface area is 135 Å². The molecular formula is C14H11Cl2IN2. The summed E-state index contributed by atoms with van der Waals surface area (Å²) in [5.74, 6) is 1.32. The van der Waals surface area contributed by atoms with Gasteiger partial charge in [0.15, 0.2) is 0 Å². The van der Waals surface area contributed by atoms with Crippen LogP contribution in [0.3, 0.4) is 0 Å². The van der Waals surface area contributed by atoms with E-state index in [9.17, 15) is 0 Å². The first-order chi connectivity index (χ1) is 9.15. The molecule has 5 heteroatoms. The lowest BCUT2D eigenvalue weighted by atomic mass is 10.1. The van der Waals surface area contributed by atoms with Crippen LogP contribution in [0.15, 0.2) is 24.3 Å². The van der Waals surface area contributed by atoms with Gasteiger partial charge >= 0.3 is 0 Å². The van der Waals surface area contributed by atoms with E-state index in [0.29, 0.717) is 17.5 Å². The largest absolute Gasteiger partial charge is 0.236 e. The highest BCUT2D eigenvalue weighted by atomic mass is 127. The van der Waals surface area contributed by atoms with Gasteiger partial charge in [0.2, 0.25) is 0 Å². The van der Waals surface area contributed by atoms with Gasteiger partial charge in [-0.25, -0.2) is 9.97 Å². The first-order valence-corrected chi connectivity index (χ1v) is 7.94. The van der Waals surface area contributed by atoms with Crippen molar-refractivity contribution in [2.75, 3.05) is 0 Å². The van der Waals surface area contributed by atoms with E-state index in [4.69, 9.17) is 23.2 Å². The quantitative estimate of drug-likeness (QED) is 0.539. The Balaban J connectivity index is 1.95. The van der Waals surface area contributed by atoms with Crippen LogP contribution in [0.4, 0.5) is 0 Å². The third-order valence-electron chi connectivity index (χ3n) is 3.15. The molecule has 0 unspecified atom stereocenters. The first kappa shape index (κ1) is 13.6. The van der Waals surface area contributed by atoms with Gasteiger partial charge in [-0.1, -0.05) is 41.4 Å². The number of hydrogen-bond acceptors (Lipinski definition) is 2. The predicted octanol–water partition coefficient (Wildman–Crippen LogP) is 4.86. The van der Waals surface area contributed by atoms with E-state index in [1.165, 1.54) is 12.8 Å². The van der Waals surface area contributed by atoms with Crippen molar-refractivity contribution >= 4 is 45.8 Å². The second kappa shape index (κ2) is 5.54. The number of benzene rings is 1. The molecule has 0 aliphatic heterocycles. The molecule has 0 atom stereocenters. The molecule has 0 saturated heterocycles. The Morgan fingerprint density at radius 3 is 2.58 bits per heavy atom. The van der Waals surface area contributed by atoms with E-state index in [0.717, 1.165) is 25.7 Å². The van der Waals surface area contributed by atoms with Crippen molar-refractivity contribution in [3.05, 3.63) is 55.1 Å². The molecular weight excluding hydrogens is 394 g/mol. The summed E-state index contributed by atoms with van der Waals surface area (Å²) in [5.41, 5.74) is 2.13. The standard InChI is InChI=1S/C14H11Cl2IN2/c15-10-4-2-1-3-9(10)7-11-18-13(8-5-6-8)12(17)14(16)19-11/h1-4,8H,5-7H2. The maximum Gasteiger partial charge on any atom is 0.146 e. The van der Waals surface area contributed by atoms with Gasteiger partial charge in [-0.3, -0.25) is 0 Å². The lowest BCUT2D eigenvalue weighted by Crippen LogP contribution is -2.04. The lowest BCUT2D eigenvalue weighted by molar-refractivity contribution is 0.889. The van der Waals surface area contributed by atoms with Crippen LogP contribution < -0.4 is 0 Å². The highest BCUT2D eigenvalue weighted by Gasteiger charge is 2.29. The third-order valence-corrected chi connectivity index (χ3v) is 5.18. The van der Waals surface area contributed by atoms with Gasteiger partial charge in [-0.2, -0.15) is 0 Å². The van der Waals surface area contributed by atoms with Gasteiger partial charge in [-0.05, 0) is 47.1 Å². The summed E-state index contributed by atoms with van der Waals surface area (Å²) in [7, 11) is 0. The molecule has 1 aromatic heterocycles. The van der Waals surface area contributed by atoms with E-state index in [1.54, 1.807) is 0 Å². The van der Waals surface area contributed by atoms with Crippen LogP contribution in [0.5, 0.6) is 0 Å². The normalized spacial score (nSPS) is 14.7. The number of aromatic nitrogens is 2. The minimum Gasteiger partial charge on any atom is -0.236 e. The zero-order valence-corrected chi connectivity index (χ0v) is 13.7. The van der Waals surface area contributed by atoms with E-state index < -0.39 is 0 Å². The Kier molecular flexibility index (Phi) is 3.96. The Morgan fingerprint density at radius 2 is 1.89 bits per heavy atom. The van der Waals surface area contributed by atoms with Crippen molar-refractivity contribution in [2.45, 2.75) is 25.2 Å². The molecule has 1 aliphatic rings. The summed E-state index contributed by atoms with van der Waals surface area (Å²) in [6.45, 7) is 0. The minimum absolute atomic E-state index is 0.555. The van der Waals surface area contributed by atoms with E-state index in [1.807, 2.05) is 24.3 Å². The molecule has 1 aliphatic carbocycles. The molecule has 1 saturated carbocycles. The SMILES string of the molecule is Clc1ccccc1Cc1nc(Cl)c(I)c(C2CC2)n1. The van der Waals surface area contributed by atoms with E-state index in [-0.39, 0.29) is 0 Å². The average Bonchev–Trinajstić information content (AvgIpc) is 3.20. The van der Waals surface area contributed by atoms with Crippen LogP contribution in [0.1, 0.15) is 35.8 Å². The molecule has 3 rings (SSSR count). The molecule has 1 fully saturated rings. The molecule has 19 heavy (non-hydrogen) atoms. The van der Waals surface area contributed by atoms with Crippen molar-refractivity contribution in [2.24, 2.45) is 0 Å². The minimum atomic E-state index is 0.555. The lowest BCUT2D eigenvalue weighted by Gasteiger charge is -2.08. The van der Waals surface area contributed by atoms with E-state index >= 15 is 0 Å². The fourth-order valence-electron chi connectivity index (χ4n) is 2.00. The van der Waals surface area contributed by atoms with Crippen LogP contribution in [0, 0.1) is 3.57 Å². The number of rotatable bonds is 3. The number of halogens is 3. The maximum absolute atomic E-state index is 6.21. The third kappa shape index (κ3) is 3.03. The highest BCUT2D eigenvalue weighted by molar-refractivity contribution is 14.1. The van der Waals surface area contributed by atoms with Crippen molar-refractivity contribution < 1.29 is 0 Å². The monoisotopic (exact) mass is 404 g/mol. The Bertz CT molecular complexity index is 627. The van der Waals surface area contributed by atoms with Crippen LogP contribution in [-0.4, -0.2) is 9.97 Å². The molecule has 0 spiro atoms. The molecule has 0 amide bonds. The molecule has 1 heterocycles. The average molecular weight is 405 g/mol. The summed E-state index contributed by atoms with van der Waals surface area (Å²) >= 11 is 14.6. The molecule has 0 radical (unpaired) electrons. The van der Waals surface area contributed by atoms with Crippen molar-refractivity contribution in [1.29, 1.82) is 0 Å².